The number of ether oxygens (including phenoxy) is 1. The lowest BCUT2D eigenvalue weighted by Crippen LogP contribution is -2.60. The third-order valence-electron chi connectivity index (χ3n) is 7.64. The highest BCUT2D eigenvalue weighted by atomic mass is 16.5. The number of anilines is 1. The highest BCUT2D eigenvalue weighted by molar-refractivity contribution is 5.95. The first-order valence-corrected chi connectivity index (χ1v) is 11.8. The average Bonchev–Trinajstić information content (AvgIpc) is 2.73. The lowest BCUT2D eigenvalue weighted by atomic mass is 9.53. The fourth-order valence-electron chi connectivity index (χ4n) is 6.63. The Labute approximate surface area is 184 Å². The van der Waals surface area contributed by atoms with Gasteiger partial charge in [0.25, 0.3) is 5.91 Å². The van der Waals surface area contributed by atoms with Crippen LogP contribution in [0.1, 0.15) is 48.9 Å². The van der Waals surface area contributed by atoms with Crippen molar-refractivity contribution in [2.75, 3.05) is 44.7 Å². The zero-order chi connectivity index (χ0) is 21.3. The summed E-state index contributed by atoms with van der Waals surface area (Å²) in [6.45, 7) is 4.81. The van der Waals surface area contributed by atoms with Crippen LogP contribution in [0.15, 0.2) is 24.3 Å². The van der Waals surface area contributed by atoms with E-state index in [9.17, 15) is 9.59 Å². The number of morpholine rings is 1. The highest BCUT2D eigenvalue weighted by Crippen LogP contribution is 2.55. The molecule has 3 amide bonds. The summed E-state index contributed by atoms with van der Waals surface area (Å²) in [6, 6.07) is 7.02. The van der Waals surface area contributed by atoms with Gasteiger partial charge in [0.15, 0.2) is 0 Å². The lowest BCUT2D eigenvalue weighted by Gasteiger charge is -2.56. The average molecular weight is 427 g/mol. The van der Waals surface area contributed by atoms with Gasteiger partial charge < -0.3 is 20.7 Å². The van der Waals surface area contributed by atoms with Crippen LogP contribution in [-0.4, -0.2) is 61.8 Å². The number of benzene rings is 1. The molecular formula is C24H34N4O3. The SMILES string of the molecule is O=C(Nc1ccc(C(=O)NCCN2CCOCC2)cc1)NC12CC3CC(CC(C3)C1)C2. The summed E-state index contributed by atoms with van der Waals surface area (Å²) >= 11 is 0. The Kier molecular flexibility index (Phi) is 5.89. The fourth-order valence-corrected chi connectivity index (χ4v) is 6.63. The number of rotatable bonds is 6. The maximum atomic E-state index is 12.7. The van der Waals surface area contributed by atoms with E-state index in [0.717, 1.165) is 69.9 Å². The van der Waals surface area contributed by atoms with Crippen LogP contribution in [0.3, 0.4) is 0 Å². The minimum atomic E-state index is -0.121. The fraction of sp³-hybridized carbons (Fsp3) is 0.667. The Bertz CT molecular complexity index is 768. The molecule has 4 saturated carbocycles. The second-order valence-corrected chi connectivity index (χ2v) is 10.1. The molecule has 4 aliphatic carbocycles. The number of carbonyl (C=O) groups is 2. The minimum absolute atomic E-state index is 0.000852. The highest BCUT2D eigenvalue weighted by Gasteiger charge is 2.51. The topological polar surface area (TPSA) is 82.7 Å². The zero-order valence-electron chi connectivity index (χ0n) is 18.2. The quantitative estimate of drug-likeness (QED) is 0.653. The van der Waals surface area contributed by atoms with Crippen molar-refractivity contribution >= 4 is 17.6 Å². The first-order chi connectivity index (χ1) is 15.1. The third-order valence-corrected chi connectivity index (χ3v) is 7.64. The van der Waals surface area contributed by atoms with E-state index < -0.39 is 0 Å². The molecular weight excluding hydrogens is 392 g/mol. The molecule has 31 heavy (non-hydrogen) atoms. The summed E-state index contributed by atoms with van der Waals surface area (Å²) in [5, 5.41) is 9.27. The molecule has 168 valence electrons. The summed E-state index contributed by atoms with van der Waals surface area (Å²) < 4.78 is 5.34. The Morgan fingerprint density at radius 1 is 0.968 bits per heavy atom. The van der Waals surface area contributed by atoms with Gasteiger partial charge in [-0.25, -0.2) is 4.79 Å². The summed E-state index contributed by atoms with van der Waals surface area (Å²) in [7, 11) is 0. The van der Waals surface area contributed by atoms with Gasteiger partial charge in [-0.2, -0.15) is 0 Å². The molecule has 1 saturated heterocycles. The Hall–Kier alpha value is -2.12. The number of amides is 3. The summed E-state index contributed by atoms with van der Waals surface area (Å²) in [5.74, 6) is 2.31. The molecule has 1 aliphatic heterocycles. The van der Waals surface area contributed by atoms with Crippen LogP contribution in [0, 0.1) is 17.8 Å². The molecule has 0 unspecified atom stereocenters. The molecule has 7 nitrogen and oxygen atoms in total. The molecule has 1 heterocycles. The van der Waals surface area contributed by atoms with Gasteiger partial charge in [0.05, 0.1) is 13.2 Å². The summed E-state index contributed by atoms with van der Waals surface area (Å²) in [4.78, 5) is 27.4. The van der Waals surface area contributed by atoms with Crippen LogP contribution in [0.4, 0.5) is 10.5 Å². The standard InChI is InChI=1S/C24H34N4O3/c29-22(25-5-6-28-7-9-31-10-8-28)20-1-3-21(4-2-20)26-23(30)27-24-14-17-11-18(15-24)13-19(12-17)16-24/h1-4,17-19H,5-16H2,(H,25,29)(H2,26,27,30). The summed E-state index contributed by atoms with van der Waals surface area (Å²) in [5.41, 5.74) is 1.32. The van der Waals surface area contributed by atoms with E-state index in [2.05, 4.69) is 20.9 Å². The van der Waals surface area contributed by atoms with Crippen molar-refractivity contribution in [1.29, 1.82) is 0 Å². The molecule has 3 N–H and O–H groups in total. The van der Waals surface area contributed by atoms with Gasteiger partial charge in [0, 0.05) is 43.0 Å². The number of carbonyl (C=O) groups excluding carboxylic acids is 2. The predicted octanol–water partition coefficient (Wildman–Crippen LogP) is 2.84. The Morgan fingerprint density at radius 3 is 2.19 bits per heavy atom. The van der Waals surface area contributed by atoms with Crippen LogP contribution in [0.5, 0.6) is 0 Å². The van der Waals surface area contributed by atoms with Crippen molar-refractivity contribution in [3.8, 4) is 0 Å². The number of urea groups is 1. The van der Waals surface area contributed by atoms with Crippen molar-refractivity contribution in [1.82, 2.24) is 15.5 Å². The van der Waals surface area contributed by atoms with Crippen molar-refractivity contribution in [3.05, 3.63) is 29.8 Å². The Morgan fingerprint density at radius 2 is 1.58 bits per heavy atom. The number of hydrogen-bond donors (Lipinski definition) is 3. The van der Waals surface area contributed by atoms with Gasteiger partial charge in [-0.05, 0) is 80.5 Å². The largest absolute Gasteiger partial charge is 0.379 e. The number of nitrogens with one attached hydrogen (secondary N) is 3. The molecule has 0 aromatic heterocycles. The van der Waals surface area contributed by atoms with Gasteiger partial charge in [-0.1, -0.05) is 0 Å². The molecule has 0 spiro atoms. The summed E-state index contributed by atoms with van der Waals surface area (Å²) in [6.07, 6.45) is 7.48. The van der Waals surface area contributed by atoms with Gasteiger partial charge >= 0.3 is 6.03 Å². The molecule has 5 fully saturated rings. The molecule has 7 heteroatoms. The first kappa shape index (κ1) is 20.8. The third kappa shape index (κ3) is 4.88. The van der Waals surface area contributed by atoms with E-state index >= 15 is 0 Å². The van der Waals surface area contributed by atoms with E-state index in [1.165, 1.54) is 19.3 Å². The number of hydrogen-bond acceptors (Lipinski definition) is 4. The van der Waals surface area contributed by atoms with Crippen molar-refractivity contribution < 1.29 is 14.3 Å². The van der Waals surface area contributed by atoms with E-state index in [0.29, 0.717) is 17.8 Å². The second-order valence-electron chi connectivity index (χ2n) is 10.1. The molecule has 6 rings (SSSR count). The van der Waals surface area contributed by atoms with Crippen LogP contribution in [-0.2, 0) is 4.74 Å². The zero-order valence-corrected chi connectivity index (χ0v) is 18.2. The van der Waals surface area contributed by atoms with Crippen LogP contribution >= 0.6 is 0 Å². The first-order valence-electron chi connectivity index (χ1n) is 11.8. The normalized spacial score (nSPS) is 31.9. The van der Waals surface area contributed by atoms with E-state index in [4.69, 9.17) is 4.74 Å². The van der Waals surface area contributed by atoms with Gasteiger partial charge in [-0.3, -0.25) is 9.69 Å². The van der Waals surface area contributed by atoms with E-state index in [1.54, 1.807) is 24.3 Å². The monoisotopic (exact) mass is 426 g/mol. The van der Waals surface area contributed by atoms with Crippen molar-refractivity contribution in [2.24, 2.45) is 17.8 Å². The van der Waals surface area contributed by atoms with Gasteiger partial charge in [0.2, 0.25) is 0 Å². The maximum Gasteiger partial charge on any atom is 0.319 e. The van der Waals surface area contributed by atoms with Crippen LogP contribution < -0.4 is 16.0 Å². The molecule has 5 aliphatic rings. The smallest absolute Gasteiger partial charge is 0.319 e. The van der Waals surface area contributed by atoms with Crippen molar-refractivity contribution in [3.63, 3.8) is 0 Å². The van der Waals surface area contributed by atoms with E-state index in [-0.39, 0.29) is 17.5 Å². The van der Waals surface area contributed by atoms with Crippen LogP contribution in [0.25, 0.3) is 0 Å². The molecule has 1 aromatic carbocycles. The second kappa shape index (κ2) is 8.79. The van der Waals surface area contributed by atoms with E-state index in [1.807, 2.05) is 0 Å². The maximum absolute atomic E-state index is 12.7. The predicted molar refractivity (Wildman–Crippen MR) is 119 cm³/mol. The van der Waals surface area contributed by atoms with Gasteiger partial charge in [0.1, 0.15) is 0 Å². The van der Waals surface area contributed by atoms with Crippen molar-refractivity contribution in [2.45, 2.75) is 44.1 Å². The van der Waals surface area contributed by atoms with Gasteiger partial charge in [-0.15, -0.1) is 0 Å². The Balaban J connectivity index is 1.09. The number of nitrogens with zero attached hydrogens (tertiary/aromatic N) is 1. The molecule has 1 aromatic rings. The molecule has 4 bridgehead atoms. The molecule has 0 atom stereocenters. The minimum Gasteiger partial charge on any atom is -0.379 e. The molecule has 0 radical (unpaired) electrons. The van der Waals surface area contributed by atoms with Crippen LogP contribution in [0.2, 0.25) is 0 Å². The lowest BCUT2D eigenvalue weighted by molar-refractivity contribution is -0.0127.